The predicted octanol–water partition coefficient (Wildman–Crippen LogP) is 0.832. The lowest BCUT2D eigenvalue weighted by atomic mass is 9.86. The lowest BCUT2D eigenvalue weighted by molar-refractivity contribution is 0.181. The van der Waals surface area contributed by atoms with E-state index in [1.165, 1.54) is 44.9 Å². The molecule has 14 heavy (non-hydrogen) atoms. The SMILES string of the molecule is C1CCCC(C2CNNNN2)CCC1. The Morgan fingerprint density at radius 2 is 1.50 bits per heavy atom. The number of hydrogen-bond acceptors (Lipinski definition) is 4. The van der Waals surface area contributed by atoms with Crippen LogP contribution < -0.4 is 21.9 Å². The normalized spacial score (nSPS) is 32.1. The van der Waals surface area contributed by atoms with Gasteiger partial charge in [0.15, 0.2) is 0 Å². The molecule has 0 amide bonds. The largest absolute Gasteiger partial charge is 0.241 e. The Balaban J connectivity index is 1.80. The summed E-state index contributed by atoms with van der Waals surface area (Å²) in [6.07, 6.45) is 9.92. The van der Waals surface area contributed by atoms with Gasteiger partial charge in [0, 0.05) is 12.6 Å². The molecule has 4 heteroatoms. The van der Waals surface area contributed by atoms with Crippen molar-refractivity contribution in [2.45, 2.75) is 51.0 Å². The van der Waals surface area contributed by atoms with Crippen molar-refractivity contribution in [3.8, 4) is 0 Å². The monoisotopic (exact) mass is 198 g/mol. The van der Waals surface area contributed by atoms with E-state index in [0.717, 1.165) is 12.5 Å². The molecule has 1 saturated heterocycles. The molecule has 0 radical (unpaired) electrons. The molecule has 4 nitrogen and oxygen atoms in total. The molecule has 1 atom stereocenters. The quantitative estimate of drug-likeness (QED) is 0.504. The second-order valence-electron chi connectivity index (χ2n) is 4.49. The predicted molar refractivity (Wildman–Crippen MR) is 57.0 cm³/mol. The Hall–Kier alpha value is -0.160. The maximum Gasteiger partial charge on any atom is 0.0394 e. The minimum absolute atomic E-state index is 0.592. The van der Waals surface area contributed by atoms with E-state index in [1.807, 2.05) is 0 Å². The Morgan fingerprint density at radius 1 is 0.786 bits per heavy atom. The Bertz CT molecular complexity index is 148. The third-order valence-electron chi connectivity index (χ3n) is 3.45. The molecule has 0 aromatic rings. The molecule has 4 N–H and O–H groups in total. The van der Waals surface area contributed by atoms with Crippen molar-refractivity contribution in [3.05, 3.63) is 0 Å². The zero-order chi connectivity index (χ0) is 9.64. The zero-order valence-electron chi connectivity index (χ0n) is 8.81. The Labute approximate surface area is 86.1 Å². The van der Waals surface area contributed by atoms with Crippen LogP contribution in [-0.4, -0.2) is 12.6 Å². The van der Waals surface area contributed by atoms with Gasteiger partial charge in [-0.05, 0) is 18.8 Å². The molecule has 0 spiro atoms. The molecule has 1 unspecified atom stereocenters. The molecule has 0 bridgehead atoms. The van der Waals surface area contributed by atoms with E-state index >= 15 is 0 Å². The van der Waals surface area contributed by atoms with Crippen molar-refractivity contribution >= 4 is 0 Å². The van der Waals surface area contributed by atoms with Crippen LogP contribution in [0.15, 0.2) is 0 Å². The van der Waals surface area contributed by atoms with Crippen LogP contribution in [0, 0.1) is 5.92 Å². The summed E-state index contributed by atoms with van der Waals surface area (Å²) in [6, 6.07) is 0.592. The van der Waals surface area contributed by atoms with Crippen LogP contribution in [0.5, 0.6) is 0 Å². The van der Waals surface area contributed by atoms with Crippen molar-refractivity contribution in [2.75, 3.05) is 6.54 Å². The van der Waals surface area contributed by atoms with Crippen LogP contribution in [-0.2, 0) is 0 Å². The average molecular weight is 198 g/mol. The lowest BCUT2D eigenvalue weighted by Gasteiger charge is -2.33. The minimum Gasteiger partial charge on any atom is -0.241 e. The summed E-state index contributed by atoms with van der Waals surface area (Å²) < 4.78 is 0. The summed E-state index contributed by atoms with van der Waals surface area (Å²) in [5, 5.41) is 0. The van der Waals surface area contributed by atoms with Crippen molar-refractivity contribution in [3.63, 3.8) is 0 Å². The smallest absolute Gasteiger partial charge is 0.0394 e. The van der Waals surface area contributed by atoms with Gasteiger partial charge < -0.3 is 0 Å². The van der Waals surface area contributed by atoms with Gasteiger partial charge in [-0.25, -0.2) is 10.9 Å². The van der Waals surface area contributed by atoms with Gasteiger partial charge in [0.05, 0.1) is 0 Å². The maximum absolute atomic E-state index is 3.31. The van der Waals surface area contributed by atoms with Crippen molar-refractivity contribution in [2.24, 2.45) is 5.92 Å². The van der Waals surface area contributed by atoms with Gasteiger partial charge in [-0.15, -0.1) is 0 Å². The standard InChI is InChI=1S/C10H22N4/c1-2-4-6-9(7-5-3-1)10-8-11-13-14-12-10/h9-14H,1-8H2. The summed E-state index contributed by atoms with van der Waals surface area (Å²) in [5.74, 6) is 0.845. The van der Waals surface area contributed by atoms with Crippen LogP contribution in [0.4, 0.5) is 0 Å². The molecule has 2 fully saturated rings. The highest BCUT2D eigenvalue weighted by atomic mass is 15.7. The van der Waals surface area contributed by atoms with Crippen molar-refractivity contribution in [1.29, 1.82) is 0 Å². The first-order chi connectivity index (χ1) is 6.97. The second-order valence-corrected chi connectivity index (χ2v) is 4.49. The zero-order valence-corrected chi connectivity index (χ0v) is 8.81. The van der Waals surface area contributed by atoms with Crippen LogP contribution >= 0.6 is 0 Å². The van der Waals surface area contributed by atoms with Gasteiger partial charge in [-0.1, -0.05) is 32.1 Å². The van der Waals surface area contributed by atoms with Gasteiger partial charge >= 0.3 is 0 Å². The Morgan fingerprint density at radius 3 is 2.14 bits per heavy atom. The van der Waals surface area contributed by atoms with Crippen LogP contribution in [0.3, 0.4) is 0 Å². The molecule has 0 aromatic carbocycles. The van der Waals surface area contributed by atoms with E-state index in [0.29, 0.717) is 6.04 Å². The second kappa shape index (κ2) is 5.66. The van der Waals surface area contributed by atoms with Gasteiger partial charge in [0.1, 0.15) is 0 Å². The number of hydrazine groups is 3. The first-order valence-electron chi connectivity index (χ1n) is 5.95. The average Bonchev–Trinajstić information content (AvgIpc) is 2.18. The van der Waals surface area contributed by atoms with Crippen molar-refractivity contribution in [1.82, 2.24) is 21.9 Å². The van der Waals surface area contributed by atoms with Gasteiger partial charge in [0.25, 0.3) is 0 Å². The van der Waals surface area contributed by atoms with Crippen LogP contribution in [0.1, 0.15) is 44.9 Å². The molecular formula is C10H22N4. The number of hydrogen-bond donors (Lipinski definition) is 4. The molecule has 2 aliphatic rings. The van der Waals surface area contributed by atoms with Crippen LogP contribution in [0.25, 0.3) is 0 Å². The van der Waals surface area contributed by atoms with Crippen LogP contribution in [0.2, 0.25) is 0 Å². The minimum atomic E-state index is 0.592. The van der Waals surface area contributed by atoms with Gasteiger partial charge in [0.2, 0.25) is 0 Å². The summed E-state index contributed by atoms with van der Waals surface area (Å²) in [4.78, 5) is 0. The van der Waals surface area contributed by atoms with Gasteiger partial charge in [-0.2, -0.15) is 11.1 Å². The fourth-order valence-corrected chi connectivity index (χ4v) is 2.56. The molecule has 1 aliphatic heterocycles. The summed E-state index contributed by atoms with van der Waals surface area (Å²) in [7, 11) is 0. The topological polar surface area (TPSA) is 48.1 Å². The summed E-state index contributed by atoms with van der Waals surface area (Å²) in [6.45, 7) is 1.03. The molecule has 82 valence electrons. The molecule has 1 heterocycles. The maximum atomic E-state index is 3.31. The van der Waals surface area contributed by atoms with E-state index in [9.17, 15) is 0 Å². The first-order valence-corrected chi connectivity index (χ1v) is 5.95. The van der Waals surface area contributed by atoms with E-state index in [1.54, 1.807) is 0 Å². The molecule has 1 saturated carbocycles. The third kappa shape index (κ3) is 2.92. The molecular weight excluding hydrogens is 176 g/mol. The highest BCUT2D eigenvalue weighted by Gasteiger charge is 2.23. The number of rotatable bonds is 1. The third-order valence-corrected chi connectivity index (χ3v) is 3.45. The van der Waals surface area contributed by atoms with Crippen molar-refractivity contribution < 1.29 is 0 Å². The van der Waals surface area contributed by atoms with Gasteiger partial charge in [-0.3, -0.25) is 0 Å². The van der Waals surface area contributed by atoms with E-state index in [4.69, 9.17) is 0 Å². The molecule has 2 rings (SSSR count). The number of nitrogens with one attached hydrogen (secondary N) is 4. The Kier molecular flexibility index (Phi) is 4.19. The van der Waals surface area contributed by atoms with E-state index < -0.39 is 0 Å². The fourth-order valence-electron chi connectivity index (χ4n) is 2.56. The summed E-state index contributed by atoms with van der Waals surface area (Å²) >= 11 is 0. The first kappa shape index (κ1) is 10.4. The van der Waals surface area contributed by atoms with E-state index in [2.05, 4.69) is 21.9 Å². The van der Waals surface area contributed by atoms with E-state index in [-0.39, 0.29) is 0 Å². The highest BCUT2D eigenvalue weighted by molar-refractivity contribution is 4.79. The molecule has 1 aliphatic carbocycles. The summed E-state index contributed by atoms with van der Waals surface area (Å²) in [5.41, 5.74) is 12.3. The highest BCUT2D eigenvalue weighted by Crippen LogP contribution is 2.24. The fraction of sp³-hybridized carbons (Fsp3) is 1.00. The molecule has 0 aromatic heterocycles. The lowest BCUT2D eigenvalue weighted by Crippen LogP contribution is -2.65.